The second kappa shape index (κ2) is 5.65. The Bertz CT molecular complexity index is 698. The Morgan fingerprint density at radius 1 is 1.17 bits per heavy atom. The fourth-order valence-electron chi connectivity index (χ4n) is 4.12. The molecule has 1 aliphatic rings. The summed E-state index contributed by atoms with van der Waals surface area (Å²) in [5, 5.41) is 0. The van der Waals surface area contributed by atoms with Gasteiger partial charge < -0.3 is 4.57 Å². The van der Waals surface area contributed by atoms with Crippen LogP contribution < -0.4 is 0 Å². The van der Waals surface area contributed by atoms with Gasteiger partial charge in [0.2, 0.25) is 0 Å². The lowest BCUT2D eigenvalue weighted by Gasteiger charge is -2.39. The average Bonchev–Trinajstić information content (AvgIpc) is 2.78. The summed E-state index contributed by atoms with van der Waals surface area (Å²) >= 11 is 0. The van der Waals surface area contributed by atoms with E-state index in [4.69, 9.17) is 4.98 Å². The molecule has 0 amide bonds. The van der Waals surface area contributed by atoms with Crippen molar-refractivity contribution in [2.45, 2.75) is 65.7 Å². The van der Waals surface area contributed by atoms with Gasteiger partial charge in [0.05, 0.1) is 11.0 Å². The number of aromatic nitrogens is 2. The lowest BCUT2D eigenvalue weighted by atomic mass is 9.66. The van der Waals surface area contributed by atoms with Gasteiger partial charge in [0, 0.05) is 13.0 Å². The van der Waals surface area contributed by atoms with Crippen LogP contribution in [0.3, 0.4) is 0 Å². The minimum atomic E-state index is 0.180. The van der Waals surface area contributed by atoms with Gasteiger partial charge in [-0.05, 0) is 53.7 Å². The molecule has 2 heteroatoms. The van der Waals surface area contributed by atoms with Gasteiger partial charge in [0.25, 0.3) is 0 Å². The fraction of sp³-hybridized carbons (Fsp3) is 0.667. The molecule has 2 aromatic rings. The molecule has 2 unspecified atom stereocenters. The summed E-state index contributed by atoms with van der Waals surface area (Å²) in [4.78, 5) is 4.98. The first-order valence-electron chi connectivity index (χ1n) is 9.15. The molecule has 0 saturated heterocycles. The maximum Gasteiger partial charge on any atom is 0.112 e. The number of rotatable bonds is 3. The number of hydrogen-bond donors (Lipinski definition) is 0. The average molecular weight is 313 g/mol. The Kier molecular flexibility index (Phi) is 4.06. The van der Waals surface area contributed by atoms with E-state index in [-0.39, 0.29) is 5.41 Å². The van der Waals surface area contributed by atoms with Gasteiger partial charge in [-0.2, -0.15) is 0 Å². The van der Waals surface area contributed by atoms with Gasteiger partial charge in [-0.1, -0.05) is 47.6 Å². The first-order chi connectivity index (χ1) is 10.7. The number of imidazole rings is 1. The molecule has 2 nitrogen and oxygen atoms in total. The zero-order valence-corrected chi connectivity index (χ0v) is 15.9. The molecule has 1 saturated carbocycles. The summed E-state index contributed by atoms with van der Waals surface area (Å²) in [6.07, 6.45) is 2.78. The SMILES string of the molecule is CC1CC(C(C)C(C)c2nc3ccc(C(C)(C)C)cc3n2C)C1. The Morgan fingerprint density at radius 3 is 2.39 bits per heavy atom. The van der Waals surface area contributed by atoms with E-state index in [0.717, 1.165) is 17.4 Å². The van der Waals surface area contributed by atoms with Gasteiger partial charge in [-0.25, -0.2) is 4.98 Å². The Morgan fingerprint density at radius 2 is 1.83 bits per heavy atom. The molecular formula is C21H32N2. The van der Waals surface area contributed by atoms with Crippen molar-refractivity contribution in [2.24, 2.45) is 24.8 Å². The van der Waals surface area contributed by atoms with Crippen LogP contribution in [0.25, 0.3) is 11.0 Å². The molecule has 126 valence electrons. The highest BCUT2D eigenvalue weighted by molar-refractivity contribution is 5.77. The summed E-state index contributed by atoms with van der Waals surface area (Å²) in [7, 11) is 2.18. The van der Waals surface area contributed by atoms with Crippen LogP contribution in [0.2, 0.25) is 0 Å². The van der Waals surface area contributed by atoms with Crippen molar-refractivity contribution < 1.29 is 0 Å². The number of hydrogen-bond acceptors (Lipinski definition) is 1. The molecule has 0 radical (unpaired) electrons. The van der Waals surface area contributed by atoms with Crippen LogP contribution in [-0.4, -0.2) is 9.55 Å². The van der Waals surface area contributed by atoms with Crippen molar-refractivity contribution in [3.8, 4) is 0 Å². The predicted molar refractivity (Wildman–Crippen MR) is 98.9 cm³/mol. The van der Waals surface area contributed by atoms with E-state index in [0.29, 0.717) is 11.8 Å². The van der Waals surface area contributed by atoms with Crippen molar-refractivity contribution in [1.29, 1.82) is 0 Å². The molecule has 0 aliphatic heterocycles. The van der Waals surface area contributed by atoms with Crippen LogP contribution in [0.15, 0.2) is 18.2 Å². The third kappa shape index (κ3) is 2.93. The number of nitrogens with zero attached hydrogens (tertiary/aromatic N) is 2. The van der Waals surface area contributed by atoms with Crippen molar-refractivity contribution >= 4 is 11.0 Å². The second-order valence-electron chi connectivity index (χ2n) is 8.97. The molecule has 0 N–H and O–H groups in total. The lowest BCUT2D eigenvalue weighted by molar-refractivity contribution is 0.129. The Hall–Kier alpha value is -1.31. The normalized spacial score (nSPS) is 24.5. The predicted octanol–water partition coefficient (Wildman–Crippen LogP) is 5.66. The van der Waals surface area contributed by atoms with E-state index < -0.39 is 0 Å². The van der Waals surface area contributed by atoms with E-state index in [1.165, 1.54) is 29.7 Å². The Balaban J connectivity index is 1.93. The third-order valence-corrected chi connectivity index (χ3v) is 6.13. The van der Waals surface area contributed by atoms with Gasteiger partial charge in [-0.3, -0.25) is 0 Å². The summed E-state index contributed by atoms with van der Waals surface area (Å²) in [6.45, 7) is 14.0. The van der Waals surface area contributed by atoms with Gasteiger partial charge in [0.15, 0.2) is 0 Å². The van der Waals surface area contributed by atoms with E-state index in [9.17, 15) is 0 Å². The summed E-state index contributed by atoms with van der Waals surface area (Å²) in [5.41, 5.74) is 3.97. The number of aryl methyl sites for hydroxylation is 1. The molecule has 3 rings (SSSR count). The van der Waals surface area contributed by atoms with E-state index in [1.54, 1.807) is 0 Å². The summed E-state index contributed by atoms with van der Waals surface area (Å²) in [5.74, 6) is 4.28. The van der Waals surface area contributed by atoms with Crippen LogP contribution in [0.4, 0.5) is 0 Å². The monoisotopic (exact) mass is 312 g/mol. The highest BCUT2D eigenvalue weighted by Gasteiger charge is 2.34. The topological polar surface area (TPSA) is 17.8 Å². The van der Waals surface area contributed by atoms with E-state index >= 15 is 0 Å². The Labute approximate surface area is 141 Å². The van der Waals surface area contributed by atoms with Crippen molar-refractivity contribution in [3.05, 3.63) is 29.6 Å². The second-order valence-corrected chi connectivity index (χ2v) is 8.97. The molecule has 2 atom stereocenters. The lowest BCUT2D eigenvalue weighted by Crippen LogP contribution is -2.30. The van der Waals surface area contributed by atoms with Gasteiger partial charge in [-0.15, -0.1) is 0 Å². The maximum absolute atomic E-state index is 4.98. The quantitative estimate of drug-likeness (QED) is 0.715. The zero-order chi connectivity index (χ0) is 16.9. The van der Waals surface area contributed by atoms with Crippen molar-refractivity contribution in [2.75, 3.05) is 0 Å². The zero-order valence-electron chi connectivity index (χ0n) is 15.9. The van der Waals surface area contributed by atoms with E-state index in [2.05, 4.69) is 71.4 Å². The summed E-state index contributed by atoms with van der Waals surface area (Å²) < 4.78 is 2.33. The van der Waals surface area contributed by atoms with Crippen LogP contribution in [0.5, 0.6) is 0 Å². The fourth-order valence-corrected chi connectivity index (χ4v) is 4.12. The van der Waals surface area contributed by atoms with Gasteiger partial charge in [0.1, 0.15) is 5.82 Å². The molecule has 1 heterocycles. The van der Waals surface area contributed by atoms with E-state index in [1.807, 2.05) is 0 Å². The molecule has 1 aromatic carbocycles. The maximum atomic E-state index is 4.98. The highest BCUT2D eigenvalue weighted by Crippen LogP contribution is 2.44. The largest absolute Gasteiger partial charge is 0.331 e. The molecule has 23 heavy (non-hydrogen) atoms. The smallest absolute Gasteiger partial charge is 0.112 e. The van der Waals surface area contributed by atoms with Crippen LogP contribution in [-0.2, 0) is 12.5 Å². The number of benzene rings is 1. The molecule has 1 aliphatic carbocycles. The van der Waals surface area contributed by atoms with Crippen molar-refractivity contribution in [1.82, 2.24) is 9.55 Å². The minimum Gasteiger partial charge on any atom is -0.331 e. The molecular weight excluding hydrogens is 280 g/mol. The van der Waals surface area contributed by atoms with Gasteiger partial charge >= 0.3 is 0 Å². The molecule has 1 aromatic heterocycles. The standard InChI is InChI=1S/C21H32N2/c1-13-10-16(11-13)14(2)15(3)20-22-18-9-8-17(21(4,5)6)12-19(18)23(20)7/h8-9,12-16H,10-11H2,1-7H3. The highest BCUT2D eigenvalue weighted by atomic mass is 15.1. The van der Waals surface area contributed by atoms with Crippen molar-refractivity contribution in [3.63, 3.8) is 0 Å². The summed E-state index contributed by atoms with van der Waals surface area (Å²) in [6, 6.07) is 6.76. The third-order valence-electron chi connectivity index (χ3n) is 6.13. The van der Waals surface area contributed by atoms with Crippen LogP contribution in [0.1, 0.15) is 71.7 Å². The minimum absolute atomic E-state index is 0.180. The number of fused-ring (bicyclic) bond motifs is 1. The molecule has 0 spiro atoms. The molecule has 0 bridgehead atoms. The van der Waals surface area contributed by atoms with Crippen LogP contribution >= 0.6 is 0 Å². The molecule has 1 fully saturated rings. The first kappa shape index (κ1) is 16.5. The first-order valence-corrected chi connectivity index (χ1v) is 9.15. The van der Waals surface area contributed by atoms with Crippen LogP contribution in [0, 0.1) is 17.8 Å².